The minimum atomic E-state index is -0.795. The maximum atomic E-state index is 13.3. The number of benzene rings is 1. The fourth-order valence-electron chi connectivity index (χ4n) is 3.45. The number of imidazole rings is 2. The van der Waals surface area contributed by atoms with Crippen LogP contribution >= 0.6 is 0 Å². The Morgan fingerprint density at radius 3 is 2.39 bits per heavy atom. The Morgan fingerprint density at radius 2 is 1.79 bits per heavy atom. The molecule has 0 aliphatic rings. The maximum absolute atomic E-state index is 13.3. The average molecular weight is 384 g/mol. The number of rotatable bonds is 3. The molecule has 0 saturated heterocycles. The number of nitrogens with two attached hydrogens (primary N) is 1. The SMILES string of the molecule is Cc1c(C)n2c3c(=O)n(CC(N)=O)c(=O)n(C)c3nc2n1-c1ccc(F)cc1. The van der Waals surface area contributed by atoms with Gasteiger partial charge in [0.2, 0.25) is 11.7 Å². The van der Waals surface area contributed by atoms with Crippen LogP contribution in [0.1, 0.15) is 11.4 Å². The third kappa shape index (κ3) is 2.30. The summed E-state index contributed by atoms with van der Waals surface area (Å²) in [4.78, 5) is 41.3. The lowest BCUT2D eigenvalue weighted by Gasteiger charge is -2.07. The average Bonchev–Trinajstić information content (AvgIpc) is 3.14. The Balaban J connectivity index is 2.18. The summed E-state index contributed by atoms with van der Waals surface area (Å²) < 4.78 is 18.7. The monoisotopic (exact) mass is 384 g/mol. The first-order valence-corrected chi connectivity index (χ1v) is 8.46. The molecule has 0 aliphatic heterocycles. The smallest absolute Gasteiger partial charge is 0.332 e. The Labute approximate surface area is 157 Å². The van der Waals surface area contributed by atoms with Crippen molar-refractivity contribution in [1.29, 1.82) is 0 Å². The molecule has 3 aromatic heterocycles. The largest absolute Gasteiger partial charge is 0.368 e. The summed E-state index contributed by atoms with van der Waals surface area (Å²) in [5.74, 6) is -0.761. The van der Waals surface area contributed by atoms with Crippen LogP contribution in [0.15, 0.2) is 33.9 Å². The van der Waals surface area contributed by atoms with Crippen LogP contribution in [-0.2, 0) is 18.4 Å². The normalized spacial score (nSPS) is 11.6. The Hall–Kier alpha value is -3.69. The van der Waals surface area contributed by atoms with Crippen LogP contribution in [0, 0.1) is 19.7 Å². The zero-order valence-electron chi connectivity index (χ0n) is 15.4. The second-order valence-electron chi connectivity index (χ2n) is 6.60. The summed E-state index contributed by atoms with van der Waals surface area (Å²) in [5.41, 5.74) is 6.39. The molecule has 144 valence electrons. The minimum absolute atomic E-state index is 0.166. The lowest BCUT2D eigenvalue weighted by Crippen LogP contribution is -2.42. The topological polar surface area (TPSA) is 109 Å². The van der Waals surface area contributed by atoms with E-state index in [0.717, 1.165) is 16.0 Å². The Bertz CT molecular complexity index is 1390. The van der Waals surface area contributed by atoms with Gasteiger partial charge in [-0.2, -0.15) is 4.98 Å². The van der Waals surface area contributed by atoms with E-state index in [-0.39, 0.29) is 17.0 Å². The maximum Gasteiger partial charge on any atom is 0.332 e. The number of hydrogen-bond donors (Lipinski definition) is 1. The number of carbonyl (C=O) groups is 1. The van der Waals surface area contributed by atoms with Crippen molar-refractivity contribution >= 4 is 22.8 Å². The number of fused-ring (bicyclic) bond motifs is 3. The zero-order chi connectivity index (χ0) is 20.3. The lowest BCUT2D eigenvalue weighted by molar-refractivity contribution is -0.118. The fourth-order valence-corrected chi connectivity index (χ4v) is 3.45. The number of halogens is 1. The molecule has 0 atom stereocenters. The number of nitrogens with zero attached hydrogens (tertiary/aromatic N) is 5. The van der Waals surface area contributed by atoms with Gasteiger partial charge in [-0.1, -0.05) is 0 Å². The van der Waals surface area contributed by atoms with E-state index in [4.69, 9.17) is 5.73 Å². The van der Waals surface area contributed by atoms with Gasteiger partial charge >= 0.3 is 5.69 Å². The zero-order valence-corrected chi connectivity index (χ0v) is 15.4. The van der Waals surface area contributed by atoms with Crippen LogP contribution in [0.5, 0.6) is 0 Å². The van der Waals surface area contributed by atoms with Gasteiger partial charge in [-0.05, 0) is 38.1 Å². The van der Waals surface area contributed by atoms with Gasteiger partial charge in [0.25, 0.3) is 5.56 Å². The Morgan fingerprint density at radius 1 is 1.14 bits per heavy atom. The van der Waals surface area contributed by atoms with Gasteiger partial charge in [-0.25, -0.2) is 13.8 Å². The van der Waals surface area contributed by atoms with Gasteiger partial charge in [-0.15, -0.1) is 0 Å². The molecular formula is C18H17FN6O3. The van der Waals surface area contributed by atoms with Crippen molar-refractivity contribution in [2.75, 3.05) is 0 Å². The van der Waals surface area contributed by atoms with Crippen LogP contribution in [0.3, 0.4) is 0 Å². The number of carbonyl (C=O) groups excluding carboxylic acids is 1. The molecule has 9 nitrogen and oxygen atoms in total. The molecular weight excluding hydrogens is 367 g/mol. The summed E-state index contributed by atoms with van der Waals surface area (Å²) in [6.07, 6.45) is 0. The molecule has 4 aromatic rings. The molecule has 4 rings (SSSR count). The van der Waals surface area contributed by atoms with Gasteiger partial charge in [0, 0.05) is 24.1 Å². The minimum Gasteiger partial charge on any atom is -0.368 e. The standard InChI is InChI=1S/C18H17FN6O3/c1-9-10(2)25-14-15(22(3)18(28)23(16(14)27)8-13(20)26)21-17(25)24(9)12-6-4-11(19)5-7-12/h4-7H,8H2,1-3H3,(H2,20,26). The van der Waals surface area contributed by atoms with Gasteiger partial charge in [0.15, 0.2) is 11.2 Å². The second kappa shape index (κ2) is 5.91. The summed E-state index contributed by atoms with van der Waals surface area (Å²) in [6, 6.07) is 5.87. The van der Waals surface area contributed by atoms with E-state index in [0.29, 0.717) is 11.5 Å². The Kier molecular flexibility index (Phi) is 3.74. The van der Waals surface area contributed by atoms with Crippen molar-refractivity contribution in [2.45, 2.75) is 20.4 Å². The van der Waals surface area contributed by atoms with Crippen LogP contribution in [0.25, 0.3) is 22.6 Å². The van der Waals surface area contributed by atoms with E-state index < -0.39 is 23.7 Å². The molecule has 1 aromatic carbocycles. The van der Waals surface area contributed by atoms with Crippen molar-refractivity contribution in [1.82, 2.24) is 23.1 Å². The molecule has 2 N–H and O–H groups in total. The summed E-state index contributed by atoms with van der Waals surface area (Å²) in [7, 11) is 1.47. The van der Waals surface area contributed by atoms with Gasteiger partial charge < -0.3 is 5.73 Å². The van der Waals surface area contributed by atoms with Crippen molar-refractivity contribution in [3.63, 3.8) is 0 Å². The third-order valence-corrected chi connectivity index (χ3v) is 4.92. The first-order chi connectivity index (χ1) is 13.2. The lowest BCUT2D eigenvalue weighted by atomic mass is 10.3. The first-order valence-electron chi connectivity index (χ1n) is 8.46. The molecule has 0 saturated carbocycles. The molecule has 1 amide bonds. The van der Waals surface area contributed by atoms with E-state index in [1.165, 1.54) is 23.7 Å². The van der Waals surface area contributed by atoms with Crippen LogP contribution < -0.4 is 17.0 Å². The van der Waals surface area contributed by atoms with Gasteiger partial charge in [0.05, 0.1) is 0 Å². The molecule has 10 heteroatoms. The fraction of sp³-hybridized carbons (Fsp3) is 0.222. The van der Waals surface area contributed by atoms with E-state index in [1.807, 2.05) is 13.8 Å². The number of primary amides is 1. The number of amides is 1. The predicted octanol–water partition coefficient (Wildman–Crippen LogP) is 0.380. The summed E-state index contributed by atoms with van der Waals surface area (Å²) in [5, 5.41) is 0. The number of hydrogen-bond acceptors (Lipinski definition) is 4. The van der Waals surface area contributed by atoms with E-state index in [1.54, 1.807) is 21.1 Å². The van der Waals surface area contributed by atoms with E-state index in [2.05, 4.69) is 4.98 Å². The highest BCUT2D eigenvalue weighted by molar-refractivity contribution is 5.78. The van der Waals surface area contributed by atoms with Crippen LogP contribution in [0.2, 0.25) is 0 Å². The molecule has 28 heavy (non-hydrogen) atoms. The molecule has 0 unspecified atom stereocenters. The summed E-state index contributed by atoms with van der Waals surface area (Å²) in [6.45, 7) is 3.14. The molecule has 3 heterocycles. The third-order valence-electron chi connectivity index (χ3n) is 4.92. The summed E-state index contributed by atoms with van der Waals surface area (Å²) >= 11 is 0. The van der Waals surface area contributed by atoms with Crippen molar-refractivity contribution in [3.05, 3.63) is 62.3 Å². The van der Waals surface area contributed by atoms with E-state index in [9.17, 15) is 18.8 Å². The molecule has 0 radical (unpaired) electrons. The molecule has 0 fully saturated rings. The molecule has 0 aliphatic carbocycles. The van der Waals surface area contributed by atoms with Gasteiger partial charge in [-0.3, -0.25) is 23.1 Å². The highest BCUT2D eigenvalue weighted by Gasteiger charge is 2.23. The quantitative estimate of drug-likeness (QED) is 0.551. The number of aryl methyl sites for hydroxylation is 2. The molecule has 0 spiro atoms. The van der Waals surface area contributed by atoms with E-state index >= 15 is 0 Å². The highest BCUT2D eigenvalue weighted by Crippen LogP contribution is 2.24. The van der Waals surface area contributed by atoms with Crippen molar-refractivity contribution in [2.24, 2.45) is 12.8 Å². The first kappa shape index (κ1) is 17.7. The van der Waals surface area contributed by atoms with Crippen molar-refractivity contribution in [3.8, 4) is 5.69 Å². The predicted molar refractivity (Wildman–Crippen MR) is 100 cm³/mol. The van der Waals surface area contributed by atoms with Gasteiger partial charge in [0.1, 0.15) is 12.4 Å². The molecule has 0 bridgehead atoms. The van der Waals surface area contributed by atoms with Crippen LogP contribution in [0.4, 0.5) is 4.39 Å². The number of aromatic nitrogens is 5. The van der Waals surface area contributed by atoms with Crippen LogP contribution in [-0.4, -0.2) is 29.0 Å². The van der Waals surface area contributed by atoms with Crippen molar-refractivity contribution < 1.29 is 9.18 Å². The highest BCUT2D eigenvalue weighted by atomic mass is 19.1. The second-order valence-corrected chi connectivity index (χ2v) is 6.60.